The molecule has 0 aliphatic rings. The molecule has 0 unspecified atom stereocenters. The first-order chi connectivity index (χ1) is 8.10. The molecular weight excluding hydrogens is 240 g/mol. The predicted molar refractivity (Wildman–Crippen MR) is 69.2 cm³/mol. The van der Waals surface area contributed by atoms with Gasteiger partial charge in [-0.05, 0) is 31.2 Å². The highest BCUT2D eigenvalue weighted by molar-refractivity contribution is 6.25. The summed E-state index contributed by atoms with van der Waals surface area (Å²) >= 11 is 5.65. The number of rotatable bonds is 2. The second-order valence-corrected chi connectivity index (χ2v) is 3.82. The highest BCUT2D eigenvalue weighted by Gasteiger charge is 2.05. The second-order valence-electron chi connectivity index (χ2n) is 3.63. The van der Waals surface area contributed by atoms with Crippen molar-refractivity contribution in [1.82, 2.24) is 4.98 Å². The third kappa shape index (κ3) is 2.39. The maximum Gasteiger partial charge on any atom is 0.316 e. The Bertz CT molecular complexity index is 585. The Hall–Kier alpha value is -2.01. The first-order valence-electron chi connectivity index (χ1n) is 4.94. The van der Waals surface area contributed by atoms with E-state index in [1.165, 1.54) is 0 Å². The number of carbonyl (C=O) groups is 1. The van der Waals surface area contributed by atoms with Crippen LogP contribution in [0.4, 0.5) is 16.2 Å². The van der Waals surface area contributed by atoms with E-state index in [4.69, 9.17) is 17.5 Å². The van der Waals surface area contributed by atoms with E-state index >= 15 is 0 Å². The minimum atomic E-state index is -0.607. The van der Waals surface area contributed by atoms with Crippen LogP contribution in [-0.2, 0) is 0 Å². The van der Waals surface area contributed by atoms with Crippen LogP contribution in [0, 0.1) is 6.92 Å². The van der Waals surface area contributed by atoms with E-state index in [2.05, 4.69) is 15.1 Å². The summed E-state index contributed by atoms with van der Waals surface area (Å²) in [7, 11) is 0. The van der Waals surface area contributed by atoms with Crippen LogP contribution in [0.2, 0.25) is 0 Å². The number of carbonyl (C=O) groups excluding carboxylic acids is 1. The molecule has 5 nitrogen and oxygen atoms in total. The van der Waals surface area contributed by atoms with Gasteiger partial charge in [0.15, 0.2) is 0 Å². The van der Waals surface area contributed by atoms with Gasteiger partial charge in [-0.1, -0.05) is 0 Å². The van der Waals surface area contributed by atoms with Gasteiger partial charge in [0.25, 0.3) is 0 Å². The Labute approximate surface area is 103 Å². The van der Waals surface area contributed by atoms with Crippen molar-refractivity contribution in [2.45, 2.75) is 6.92 Å². The second kappa shape index (κ2) is 4.47. The molecule has 6 heteroatoms. The smallest absolute Gasteiger partial charge is 0.316 e. The average Bonchev–Trinajstić information content (AvgIpc) is 2.27. The molecule has 2 amide bonds. The van der Waals surface area contributed by atoms with Gasteiger partial charge in [0.05, 0.1) is 11.2 Å². The standard InChI is InChI=1S/C11H11ClN4O/c1-6-4-10(16-12)8-5-7(15-11(13)17)2-3-9(8)14-6/h2-5H,1H3,(H,14,16)(H3,13,15,17). The van der Waals surface area contributed by atoms with Crippen molar-refractivity contribution in [3.05, 3.63) is 30.0 Å². The molecule has 0 bridgehead atoms. The SMILES string of the molecule is Cc1cc(NCl)c2cc(NC(N)=O)ccc2n1. The summed E-state index contributed by atoms with van der Waals surface area (Å²) in [6, 6.07) is 6.51. The Morgan fingerprint density at radius 2 is 2.18 bits per heavy atom. The van der Waals surface area contributed by atoms with Crippen LogP contribution in [0.15, 0.2) is 24.3 Å². The van der Waals surface area contributed by atoms with Crippen molar-refractivity contribution < 1.29 is 4.79 Å². The zero-order chi connectivity index (χ0) is 12.4. The lowest BCUT2D eigenvalue weighted by Crippen LogP contribution is -2.19. The number of nitrogens with two attached hydrogens (primary N) is 1. The van der Waals surface area contributed by atoms with Crippen LogP contribution in [0.5, 0.6) is 0 Å². The van der Waals surface area contributed by atoms with Crippen LogP contribution < -0.4 is 15.9 Å². The molecule has 17 heavy (non-hydrogen) atoms. The summed E-state index contributed by atoms with van der Waals surface area (Å²) in [5.74, 6) is 0. The molecule has 0 aliphatic heterocycles. The maximum absolute atomic E-state index is 10.8. The molecule has 0 fully saturated rings. The van der Waals surface area contributed by atoms with Crippen molar-refractivity contribution in [2.24, 2.45) is 5.73 Å². The third-order valence-corrected chi connectivity index (χ3v) is 2.51. The molecule has 0 radical (unpaired) electrons. The number of primary amides is 1. The number of aryl methyl sites for hydroxylation is 1. The van der Waals surface area contributed by atoms with E-state index in [0.717, 1.165) is 22.3 Å². The monoisotopic (exact) mass is 250 g/mol. The van der Waals surface area contributed by atoms with Crippen molar-refractivity contribution in [1.29, 1.82) is 0 Å². The fourth-order valence-corrected chi connectivity index (χ4v) is 1.81. The minimum absolute atomic E-state index is 0.601. The van der Waals surface area contributed by atoms with Gasteiger partial charge in [0, 0.05) is 28.5 Å². The largest absolute Gasteiger partial charge is 0.351 e. The molecule has 1 aromatic heterocycles. The van der Waals surface area contributed by atoms with Crippen molar-refractivity contribution in [3.8, 4) is 0 Å². The number of hydrogen-bond donors (Lipinski definition) is 3. The maximum atomic E-state index is 10.8. The summed E-state index contributed by atoms with van der Waals surface area (Å²) < 4.78 is 0. The van der Waals surface area contributed by atoms with Gasteiger partial charge in [-0.15, -0.1) is 0 Å². The molecular formula is C11H11ClN4O. The Morgan fingerprint density at radius 3 is 2.82 bits per heavy atom. The van der Waals surface area contributed by atoms with E-state index in [9.17, 15) is 4.79 Å². The molecule has 1 heterocycles. The number of nitrogens with one attached hydrogen (secondary N) is 2. The van der Waals surface area contributed by atoms with Gasteiger partial charge < -0.3 is 11.1 Å². The van der Waals surface area contributed by atoms with E-state index in [1.807, 2.05) is 13.0 Å². The summed E-state index contributed by atoms with van der Waals surface area (Å²) in [5.41, 5.74) is 8.05. The minimum Gasteiger partial charge on any atom is -0.351 e. The van der Waals surface area contributed by atoms with Gasteiger partial charge in [-0.25, -0.2) is 4.79 Å². The van der Waals surface area contributed by atoms with Crippen LogP contribution >= 0.6 is 11.8 Å². The molecule has 0 saturated carbocycles. The Morgan fingerprint density at radius 1 is 1.41 bits per heavy atom. The number of hydrogen-bond acceptors (Lipinski definition) is 3. The highest BCUT2D eigenvalue weighted by atomic mass is 35.5. The van der Waals surface area contributed by atoms with Crippen molar-refractivity contribution >= 4 is 40.1 Å². The van der Waals surface area contributed by atoms with Gasteiger partial charge in [-0.2, -0.15) is 0 Å². The van der Waals surface area contributed by atoms with Crippen LogP contribution in [-0.4, -0.2) is 11.0 Å². The van der Waals surface area contributed by atoms with Crippen molar-refractivity contribution in [2.75, 3.05) is 10.2 Å². The normalized spacial score (nSPS) is 10.2. The van der Waals surface area contributed by atoms with Gasteiger partial charge in [-0.3, -0.25) is 9.82 Å². The number of benzene rings is 1. The zero-order valence-electron chi connectivity index (χ0n) is 9.12. The first kappa shape index (κ1) is 11.5. The number of urea groups is 1. The molecule has 88 valence electrons. The molecule has 0 spiro atoms. The lowest BCUT2D eigenvalue weighted by Gasteiger charge is -2.08. The summed E-state index contributed by atoms with van der Waals surface area (Å²) in [6.45, 7) is 1.88. The van der Waals surface area contributed by atoms with Gasteiger partial charge in [0.1, 0.15) is 0 Å². The molecule has 2 rings (SSSR count). The number of aromatic nitrogens is 1. The third-order valence-electron chi connectivity index (χ3n) is 2.31. The quantitative estimate of drug-likeness (QED) is 0.717. The van der Waals surface area contributed by atoms with E-state index in [0.29, 0.717) is 5.69 Å². The molecule has 0 saturated heterocycles. The molecule has 0 atom stereocenters. The van der Waals surface area contributed by atoms with Crippen LogP contribution in [0.1, 0.15) is 5.69 Å². The Balaban J connectivity index is 2.59. The zero-order valence-corrected chi connectivity index (χ0v) is 9.88. The lowest BCUT2D eigenvalue weighted by atomic mass is 10.1. The summed E-state index contributed by atoms with van der Waals surface area (Å²) in [4.78, 5) is 17.7. The average molecular weight is 251 g/mol. The highest BCUT2D eigenvalue weighted by Crippen LogP contribution is 2.26. The Kier molecular flexibility index (Phi) is 3.01. The fraction of sp³-hybridized carbons (Fsp3) is 0.0909. The van der Waals surface area contributed by atoms with E-state index in [1.54, 1.807) is 18.2 Å². The fourth-order valence-electron chi connectivity index (χ4n) is 1.66. The van der Waals surface area contributed by atoms with Crippen LogP contribution in [0.3, 0.4) is 0 Å². The van der Waals surface area contributed by atoms with E-state index in [-0.39, 0.29) is 0 Å². The number of amides is 2. The summed E-state index contributed by atoms with van der Waals surface area (Å²) in [5, 5.41) is 3.32. The topological polar surface area (TPSA) is 80.0 Å². The molecule has 0 aliphatic carbocycles. The number of anilines is 2. The van der Waals surface area contributed by atoms with Gasteiger partial charge in [0.2, 0.25) is 0 Å². The first-order valence-corrected chi connectivity index (χ1v) is 5.32. The predicted octanol–water partition coefficient (Wildman–Crippen LogP) is 2.60. The van der Waals surface area contributed by atoms with E-state index < -0.39 is 6.03 Å². The number of nitrogens with zero attached hydrogens (tertiary/aromatic N) is 1. The molecule has 2 aromatic rings. The van der Waals surface area contributed by atoms with Crippen molar-refractivity contribution in [3.63, 3.8) is 0 Å². The molecule has 1 aromatic carbocycles. The number of fused-ring (bicyclic) bond motifs is 1. The number of pyridine rings is 1. The van der Waals surface area contributed by atoms with Crippen LogP contribution in [0.25, 0.3) is 10.9 Å². The van der Waals surface area contributed by atoms with Gasteiger partial charge >= 0.3 is 6.03 Å². The number of halogens is 1. The lowest BCUT2D eigenvalue weighted by molar-refractivity contribution is 0.259. The summed E-state index contributed by atoms with van der Waals surface area (Å²) in [6.07, 6.45) is 0. The molecule has 4 N–H and O–H groups in total.